The van der Waals surface area contributed by atoms with Gasteiger partial charge >= 0.3 is 0 Å². The minimum absolute atomic E-state index is 0.141. The van der Waals surface area contributed by atoms with E-state index in [4.69, 9.17) is 4.74 Å². The van der Waals surface area contributed by atoms with E-state index in [0.717, 1.165) is 11.4 Å². The van der Waals surface area contributed by atoms with Gasteiger partial charge in [0.15, 0.2) is 0 Å². The SMILES string of the molecule is COc1ccc(C(Nc2ccccc2)C(C)C#C[Si](C)(C)C)cc1. The highest BCUT2D eigenvalue weighted by atomic mass is 28.3. The molecule has 0 spiro atoms. The van der Waals surface area contributed by atoms with Crippen molar-refractivity contribution in [2.24, 2.45) is 5.92 Å². The summed E-state index contributed by atoms with van der Waals surface area (Å²) in [5, 5.41) is 3.64. The first-order valence-electron chi connectivity index (χ1n) is 8.37. The number of rotatable bonds is 5. The van der Waals surface area contributed by atoms with E-state index in [1.54, 1.807) is 7.11 Å². The van der Waals surface area contributed by atoms with E-state index in [9.17, 15) is 0 Å². The molecular weight excluding hydrogens is 310 g/mol. The van der Waals surface area contributed by atoms with Crippen molar-refractivity contribution in [3.8, 4) is 17.2 Å². The molecule has 0 fully saturated rings. The van der Waals surface area contributed by atoms with E-state index in [-0.39, 0.29) is 12.0 Å². The number of hydrogen-bond acceptors (Lipinski definition) is 2. The quantitative estimate of drug-likeness (QED) is 0.585. The Balaban J connectivity index is 2.30. The standard InChI is InChI=1S/C21H27NOSi/c1-17(15-16-24(3,4)5)21(22-19-9-7-6-8-10-19)18-11-13-20(23-2)14-12-18/h6-14,17,21-22H,1-5H3. The average Bonchev–Trinajstić information content (AvgIpc) is 2.58. The zero-order valence-electron chi connectivity index (χ0n) is 15.3. The number of methoxy groups -OCH3 is 1. The summed E-state index contributed by atoms with van der Waals surface area (Å²) in [5.74, 6) is 4.57. The van der Waals surface area contributed by atoms with Crippen molar-refractivity contribution in [1.29, 1.82) is 0 Å². The second-order valence-electron chi connectivity index (χ2n) is 7.07. The van der Waals surface area contributed by atoms with Crippen LogP contribution in [0.5, 0.6) is 5.75 Å². The highest BCUT2D eigenvalue weighted by Gasteiger charge is 2.19. The van der Waals surface area contributed by atoms with Gasteiger partial charge in [0.1, 0.15) is 13.8 Å². The molecule has 0 aliphatic carbocycles. The molecule has 1 N–H and O–H groups in total. The van der Waals surface area contributed by atoms with Crippen LogP contribution < -0.4 is 10.1 Å². The molecule has 0 heterocycles. The molecule has 0 aliphatic rings. The molecule has 3 heteroatoms. The Bertz CT molecular complexity index is 693. The van der Waals surface area contributed by atoms with Crippen LogP contribution in [0.3, 0.4) is 0 Å². The normalized spacial score (nSPS) is 13.4. The summed E-state index contributed by atoms with van der Waals surface area (Å²) in [5.41, 5.74) is 5.83. The number of nitrogens with one attached hydrogen (secondary N) is 1. The molecule has 2 aromatic rings. The van der Waals surface area contributed by atoms with Crippen LogP contribution in [0.25, 0.3) is 0 Å². The highest BCUT2D eigenvalue weighted by molar-refractivity contribution is 6.83. The summed E-state index contributed by atoms with van der Waals surface area (Å²) in [6.45, 7) is 9.02. The molecule has 2 unspecified atom stereocenters. The topological polar surface area (TPSA) is 21.3 Å². The zero-order valence-corrected chi connectivity index (χ0v) is 16.3. The minimum atomic E-state index is -1.38. The van der Waals surface area contributed by atoms with Gasteiger partial charge in [0.25, 0.3) is 0 Å². The van der Waals surface area contributed by atoms with Crippen molar-refractivity contribution in [2.45, 2.75) is 32.6 Å². The summed E-state index contributed by atoms with van der Waals surface area (Å²) < 4.78 is 5.28. The van der Waals surface area contributed by atoms with Gasteiger partial charge in [0.05, 0.1) is 13.2 Å². The Hall–Kier alpha value is -2.18. The Morgan fingerprint density at radius 1 is 0.958 bits per heavy atom. The second-order valence-corrected chi connectivity index (χ2v) is 11.8. The molecule has 0 saturated heterocycles. The molecule has 24 heavy (non-hydrogen) atoms. The van der Waals surface area contributed by atoms with Crippen LogP contribution in [0.4, 0.5) is 5.69 Å². The minimum Gasteiger partial charge on any atom is -0.497 e. The van der Waals surface area contributed by atoms with Crippen molar-refractivity contribution < 1.29 is 4.74 Å². The Morgan fingerprint density at radius 2 is 1.58 bits per heavy atom. The lowest BCUT2D eigenvalue weighted by atomic mass is 9.94. The van der Waals surface area contributed by atoms with E-state index >= 15 is 0 Å². The van der Waals surface area contributed by atoms with Gasteiger partial charge in [-0.25, -0.2) is 0 Å². The first-order chi connectivity index (χ1) is 11.4. The van der Waals surface area contributed by atoms with Gasteiger partial charge in [0.2, 0.25) is 0 Å². The van der Waals surface area contributed by atoms with Crippen molar-refractivity contribution in [3.05, 3.63) is 60.2 Å². The van der Waals surface area contributed by atoms with Gasteiger partial charge in [-0.1, -0.05) is 50.0 Å². The maximum absolute atomic E-state index is 5.28. The predicted octanol–water partition coefficient (Wildman–Crippen LogP) is 5.37. The number of anilines is 1. The number of benzene rings is 2. The zero-order chi connectivity index (χ0) is 17.6. The molecule has 2 rings (SSSR count). The Labute approximate surface area is 147 Å². The lowest BCUT2D eigenvalue weighted by molar-refractivity contribution is 0.414. The first-order valence-corrected chi connectivity index (χ1v) is 11.9. The third kappa shape index (κ3) is 5.47. The van der Waals surface area contributed by atoms with Gasteiger partial charge in [0, 0.05) is 11.6 Å². The fourth-order valence-electron chi connectivity index (χ4n) is 2.44. The lowest BCUT2D eigenvalue weighted by Crippen LogP contribution is -2.20. The summed E-state index contributed by atoms with van der Waals surface area (Å²) in [7, 11) is 0.309. The van der Waals surface area contributed by atoms with Crippen LogP contribution in [0.15, 0.2) is 54.6 Å². The second kappa shape index (κ2) is 8.08. The number of ether oxygens (including phenoxy) is 1. The van der Waals surface area contributed by atoms with Gasteiger partial charge in [-0.3, -0.25) is 0 Å². The van der Waals surface area contributed by atoms with Crippen LogP contribution >= 0.6 is 0 Å². The lowest BCUT2D eigenvalue weighted by Gasteiger charge is -2.24. The largest absolute Gasteiger partial charge is 0.497 e. The van der Waals surface area contributed by atoms with E-state index in [1.807, 2.05) is 30.3 Å². The van der Waals surface area contributed by atoms with Crippen LogP contribution in [0.2, 0.25) is 19.6 Å². The smallest absolute Gasteiger partial charge is 0.129 e. The molecule has 126 valence electrons. The fraction of sp³-hybridized carbons (Fsp3) is 0.333. The molecular formula is C21H27NOSi. The molecule has 0 amide bonds. The van der Waals surface area contributed by atoms with Crippen molar-refractivity contribution in [2.75, 3.05) is 12.4 Å². The van der Waals surface area contributed by atoms with E-state index in [1.165, 1.54) is 5.56 Å². The van der Waals surface area contributed by atoms with E-state index in [2.05, 4.69) is 67.6 Å². The Kier molecular flexibility index (Phi) is 6.11. The molecule has 0 aliphatic heterocycles. The van der Waals surface area contributed by atoms with Crippen molar-refractivity contribution in [1.82, 2.24) is 0 Å². The third-order valence-corrected chi connectivity index (χ3v) is 4.64. The van der Waals surface area contributed by atoms with Gasteiger partial charge in [-0.05, 0) is 36.8 Å². The first kappa shape index (κ1) is 18.2. The summed E-state index contributed by atoms with van der Waals surface area (Å²) in [4.78, 5) is 0. The van der Waals surface area contributed by atoms with Gasteiger partial charge in [-0.2, -0.15) is 0 Å². The van der Waals surface area contributed by atoms with Crippen molar-refractivity contribution in [3.63, 3.8) is 0 Å². The fourth-order valence-corrected chi connectivity index (χ4v) is 3.10. The molecule has 2 aromatic carbocycles. The van der Waals surface area contributed by atoms with Crippen molar-refractivity contribution >= 4 is 13.8 Å². The number of para-hydroxylation sites is 1. The van der Waals surface area contributed by atoms with Crippen LogP contribution in [-0.4, -0.2) is 15.2 Å². The molecule has 2 atom stereocenters. The van der Waals surface area contributed by atoms with Gasteiger partial charge in [-0.15, -0.1) is 11.5 Å². The maximum Gasteiger partial charge on any atom is 0.129 e. The highest BCUT2D eigenvalue weighted by Crippen LogP contribution is 2.28. The molecule has 0 bridgehead atoms. The average molecular weight is 338 g/mol. The van der Waals surface area contributed by atoms with Crippen LogP contribution in [-0.2, 0) is 0 Å². The molecule has 0 aromatic heterocycles. The summed E-state index contributed by atoms with van der Waals surface area (Å²) in [6, 6.07) is 18.7. The van der Waals surface area contributed by atoms with Gasteiger partial charge < -0.3 is 10.1 Å². The summed E-state index contributed by atoms with van der Waals surface area (Å²) in [6.07, 6.45) is 0. The van der Waals surface area contributed by atoms with E-state index < -0.39 is 8.07 Å². The Morgan fingerprint density at radius 3 is 2.12 bits per heavy atom. The third-order valence-electron chi connectivity index (χ3n) is 3.75. The molecule has 0 saturated carbocycles. The van der Waals surface area contributed by atoms with Crippen LogP contribution in [0, 0.1) is 17.4 Å². The summed E-state index contributed by atoms with van der Waals surface area (Å²) >= 11 is 0. The van der Waals surface area contributed by atoms with E-state index in [0.29, 0.717) is 0 Å². The maximum atomic E-state index is 5.28. The monoisotopic (exact) mass is 337 g/mol. The van der Waals surface area contributed by atoms with Crippen LogP contribution in [0.1, 0.15) is 18.5 Å². The molecule has 0 radical (unpaired) electrons. The molecule has 2 nitrogen and oxygen atoms in total. The number of hydrogen-bond donors (Lipinski definition) is 1. The predicted molar refractivity (Wildman–Crippen MR) is 106 cm³/mol.